The van der Waals surface area contributed by atoms with Crippen molar-refractivity contribution in [3.05, 3.63) is 53.3 Å². The number of hydrogen-bond acceptors (Lipinski definition) is 4. The Morgan fingerprint density at radius 1 is 1.15 bits per heavy atom. The molecule has 3 rings (SSSR count). The summed E-state index contributed by atoms with van der Waals surface area (Å²) in [5.74, 6) is -1.64. The van der Waals surface area contributed by atoms with Crippen LogP contribution >= 0.6 is 0 Å². The standard InChI is InChI=1S/C24H28F4N4O/c1-3-32(4-2)11-5-10-29-21-9-7-18(12-16(21)14-24(26,27)28)30-15-20-19-13-17(25)6-8-22(19)31-23(20)33/h6-9,12-13,15,20,29H,3-5,10-11,14H2,1-2H3,(H,31,33). The molecule has 0 spiro atoms. The van der Waals surface area contributed by atoms with Gasteiger partial charge in [0.2, 0.25) is 5.91 Å². The molecule has 1 aliphatic heterocycles. The quantitative estimate of drug-likeness (QED) is 0.277. The second kappa shape index (κ2) is 10.8. The third-order valence-electron chi connectivity index (χ3n) is 5.60. The predicted octanol–water partition coefficient (Wildman–Crippen LogP) is 5.51. The minimum absolute atomic E-state index is 0.0855. The smallest absolute Gasteiger partial charge is 0.385 e. The lowest BCUT2D eigenvalue weighted by atomic mass is 10.0. The van der Waals surface area contributed by atoms with Crippen molar-refractivity contribution in [2.45, 2.75) is 38.8 Å². The number of nitrogens with one attached hydrogen (secondary N) is 2. The maximum absolute atomic E-state index is 13.6. The van der Waals surface area contributed by atoms with Crippen molar-refractivity contribution >= 4 is 29.2 Å². The number of anilines is 2. The molecule has 1 unspecified atom stereocenters. The van der Waals surface area contributed by atoms with E-state index in [-0.39, 0.29) is 11.5 Å². The van der Waals surface area contributed by atoms with Gasteiger partial charge in [0.25, 0.3) is 0 Å². The first kappa shape index (κ1) is 24.7. The zero-order chi connectivity index (χ0) is 24.0. The average Bonchev–Trinajstić information content (AvgIpc) is 3.06. The van der Waals surface area contributed by atoms with Crippen LogP contribution in [0.15, 0.2) is 41.4 Å². The van der Waals surface area contributed by atoms with Gasteiger partial charge in [0, 0.05) is 24.1 Å². The average molecular weight is 465 g/mol. The Labute approximate surface area is 190 Å². The van der Waals surface area contributed by atoms with Gasteiger partial charge in [-0.15, -0.1) is 0 Å². The topological polar surface area (TPSA) is 56.7 Å². The van der Waals surface area contributed by atoms with E-state index >= 15 is 0 Å². The molecule has 0 fully saturated rings. The van der Waals surface area contributed by atoms with E-state index < -0.39 is 24.3 Å². The number of fused-ring (bicyclic) bond motifs is 1. The molecular weight excluding hydrogens is 436 g/mol. The summed E-state index contributed by atoms with van der Waals surface area (Å²) in [6.07, 6.45) is -3.32. The maximum atomic E-state index is 13.6. The molecule has 0 bridgehead atoms. The summed E-state index contributed by atoms with van der Waals surface area (Å²) in [6, 6.07) is 8.52. The normalized spacial score (nSPS) is 15.8. The van der Waals surface area contributed by atoms with Crippen molar-refractivity contribution < 1.29 is 22.4 Å². The fourth-order valence-corrected chi connectivity index (χ4v) is 3.83. The first-order valence-electron chi connectivity index (χ1n) is 11.0. The van der Waals surface area contributed by atoms with Crippen LogP contribution in [0.4, 0.5) is 34.6 Å². The Morgan fingerprint density at radius 2 is 1.91 bits per heavy atom. The molecule has 0 radical (unpaired) electrons. The van der Waals surface area contributed by atoms with Crippen molar-refractivity contribution in [2.24, 2.45) is 4.99 Å². The van der Waals surface area contributed by atoms with E-state index in [1.807, 2.05) is 0 Å². The van der Waals surface area contributed by atoms with Crippen LogP contribution in [0.25, 0.3) is 0 Å². The zero-order valence-electron chi connectivity index (χ0n) is 18.7. The van der Waals surface area contributed by atoms with Gasteiger partial charge in [0.1, 0.15) is 11.7 Å². The van der Waals surface area contributed by atoms with Crippen LogP contribution in [0.5, 0.6) is 0 Å². The van der Waals surface area contributed by atoms with Gasteiger partial charge >= 0.3 is 6.18 Å². The lowest BCUT2D eigenvalue weighted by molar-refractivity contribution is -0.127. The highest BCUT2D eigenvalue weighted by Gasteiger charge is 2.30. The fraction of sp³-hybridized carbons (Fsp3) is 0.417. The molecule has 33 heavy (non-hydrogen) atoms. The fourth-order valence-electron chi connectivity index (χ4n) is 3.83. The Hall–Kier alpha value is -2.94. The van der Waals surface area contributed by atoms with Gasteiger partial charge in [-0.05, 0) is 73.6 Å². The van der Waals surface area contributed by atoms with Gasteiger partial charge in [-0.25, -0.2) is 4.39 Å². The summed E-state index contributed by atoms with van der Waals surface area (Å²) in [7, 11) is 0. The molecule has 2 aromatic carbocycles. The van der Waals surface area contributed by atoms with E-state index in [0.717, 1.165) is 26.1 Å². The summed E-state index contributed by atoms with van der Waals surface area (Å²) in [5.41, 5.74) is 1.74. The van der Waals surface area contributed by atoms with Crippen molar-refractivity contribution in [3.8, 4) is 0 Å². The maximum Gasteiger partial charge on any atom is 0.393 e. The molecule has 178 valence electrons. The van der Waals surface area contributed by atoms with E-state index in [0.29, 0.717) is 29.2 Å². The van der Waals surface area contributed by atoms with Gasteiger partial charge in [0.15, 0.2) is 0 Å². The van der Waals surface area contributed by atoms with Gasteiger partial charge in [-0.3, -0.25) is 9.79 Å². The Balaban J connectivity index is 1.75. The summed E-state index contributed by atoms with van der Waals surface area (Å²) in [5, 5.41) is 5.75. The van der Waals surface area contributed by atoms with Gasteiger partial charge in [-0.1, -0.05) is 13.8 Å². The number of benzene rings is 2. The molecule has 9 heteroatoms. The van der Waals surface area contributed by atoms with E-state index in [1.54, 1.807) is 12.1 Å². The SMILES string of the molecule is CCN(CC)CCCNc1ccc(N=CC2C(=O)Nc3ccc(F)cc32)cc1CC(F)(F)F. The largest absolute Gasteiger partial charge is 0.393 e. The number of halogens is 4. The molecule has 1 heterocycles. The summed E-state index contributed by atoms with van der Waals surface area (Å²) >= 11 is 0. The molecule has 2 aromatic rings. The third-order valence-corrected chi connectivity index (χ3v) is 5.60. The molecule has 0 aromatic heterocycles. The summed E-state index contributed by atoms with van der Waals surface area (Å²) < 4.78 is 53.1. The minimum atomic E-state index is -4.37. The molecule has 0 saturated carbocycles. The van der Waals surface area contributed by atoms with Gasteiger partial charge < -0.3 is 15.5 Å². The lowest BCUT2D eigenvalue weighted by Crippen LogP contribution is -2.25. The van der Waals surface area contributed by atoms with Crippen molar-refractivity contribution in [1.82, 2.24) is 4.90 Å². The highest BCUT2D eigenvalue weighted by molar-refractivity contribution is 6.12. The molecule has 1 aliphatic rings. The van der Waals surface area contributed by atoms with Crippen LogP contribution in [-0.2, 0) is 11.2 Å². The van der Waals surface area contributed by atoms with Crippen LogP contribution in [0, 0.1) is 5.82 Å². The lowest BCUT2D eigenvalue weighted by Gasteiger charge is -2.19. The van der Waals surface area contributed by atoms with E-state index in [2.05, 4.69) is 34.4 Å². The molecule has 2 N–H and O–H groups in total. The number of hydrogen-bond donors (Lipinski definition) is 2. The van der Waals surface area contributed by atoms with Crippen molar-refractivity contribution in [3.63, 3.8) is 0 Å². The van der Waals surface area contributed by atoms with Crippen LogP contribution in [-0.4, -0.2) is 49.4 Å². The second-order valence-electron chi connectivity index (χ2n) is 7.92. The number of aliphatic imine (C=N–C) groups is 1. The van der Waals surface area contributed by atoms with Crippen LogP contribution in [0.2, 0.25) is 0 Å². The number of alkyl halides is 3. The van der Waals surface area contributed by atoms with Crippen molar-refractivity contribution in [2.75, 3.05) is 36.8 Å². The van der Waals surface area contributed by atoms with Crippen LogP contribution < -0.4 is 10.6 Å². The first-order valence-corrected chi connectivity index (χ1v) is 11.0. The predicted molar refractivity (Wildman–Crippen MR) is 123 cm³/mol. The molecule has 0 saturated heterocycles. The number of nitrogens with zero attached hydrogens (tertiary/aromatic N) is 2. The van der Waals surface area contributed by atoms with Crippen molar-refractivity contribution in [1.29, 1.82) is 0 Å². The molecule has 5 nitrogen and oxygen atoms in total. The Bertz CT molecular complexity index is 1000. The Kier molecular flexibility index (Phi) is 8.07. The second-order valence-corrected chi connectivity index (χ2v) is 7.92. The van der Waals surface area contributed by atoms with Crippen LogP contribution in [0.1, 0.15) is 37.3 Å². The molecular formula is C24H28F4N4O. The Morgan fingerprint density at radius 3 is 2.61 bits per heavy atom. The summed E-state index contributed by atoms with van der Waals surface area (Å²) in [4.78, 5) is 18.7. The molecule has 1 amide bonds. The minimum Gasteiger partial charge on any atom is -0.385 e. The summed E-state index contributed by atoms with van der Waals surface area (Å²) in [6.45, 7) is 7.41. The first-order chi connectivity index (χ1) is 15.7. The van der Waals surface area contributed by atoms with Gasteiger partial charge in [-0.2, -0.15) is 13.2 Å². The number of carbonyl (C=O) groups excluding carboxylic acids is 1. The zero-order valence-corrected chi connectivity index (χ0v) is 18.7. The molecule has 1 atom stereocenters. The number of amides is 1. The highest BCUT2D eigenvalue weighted by atomic mass is 19.4. The highest BCUT2D eigenvalue weighted by Crippen LogP contribution is 2.33. The van der Waals surface area contributed by atoms with E-state index in [4.69, 9.17) is 0 Å². The van der Waals surface area contributed by atoms with Gasteiger partial charge in [0.05, 0.1) is 12.1 Å². The van der Waals surface area contributed by atoms with E-state index in [9.17, 15) is 22.4 Å². The third kappa shape index (κ3) is 6.77. The monoisotopic (exact) mass is 464 g/mol. The molecule has 0 aliphatic carbocycles. The van der Waals surface area contributed by atoms with E-state index in [1.165, 1.54) is 30.5 Å². The number of carbonyl (C=O) groups is 1. The number of rotatable bonds is 10. The van der Waals surface area contributed by atoms with Crippen LogP contribution in [0.3, 0.4) is 0 Å².